The van der Waals surface area contributed by atoms with E-state index in [1.807, 2.05) is 0 Å². The van der Waals surface area contributed by atoms with Crippen LogP contribution in [0.3, 0.4) is 0 Å². The van der Waals surface area contributed by atoms with Gasteiger partial charge in [0.25, 0.3) is 5.56 Å². The minimum atomic E-state index is -0.993. The number of hydrogen-bond acceptors (Lipinski definition) is 3. The fourth-order valence-electron chi connectivity index (χ4n) is 1.71. The maximum Gasteiger partial charge on any atom is 0.308 e. The van der Waals surface area contributed by atoms with Crippen LogP contribution in [-0.2, 0) is 11.2 Å². The third-order valence-electron chi connectivity index (χ3n) is 2.91. The average Bonchev–Trinajstić information content (AvgIpc) is 2.25. The summed E-state index contributed by atoms with van der Waals surface area (Å²) in [5.41, 5.74) is 3.97. The van der Waals surface area contributed by atoms with Gasteiger partial charge in [-0.15, -0.1) is 0 Å². The van der Waals surface area contributed by atoms with E-state index in [0.29, 0.717) is 17.7 Å². The van der Waals surface area contributed by atoms with Gasteiger partial charge in [-0.2, -0.15) is 0 Å². The fraction of sp³-hybridized carbons (Fsp3) is 0.571. The highest BCUT2D eigenvalue weighted by Crippen LogP contribution is 2.17. The summed E-state index contributed by atoms with van der Waals surface area (Å²) in [5.74, 6) is -0.993. The van der Waals surface area contributed by atoms with Crippen molar-refractivity contribution in [3.8, 4) is 0 Å². The average molecular weight is 266 g/mol. The van der Waals surface area contributed by atoms with E-state index in [2.05, 4.69) is 26.2 Å². The smallest absolute Gasteiger partial charge is 0.308 e. The molecule has 0 radical (unpaired) electrons. The van der Waals surface area contributed by atoms with Crippen LogP contribution in [0.4, 0.5) is 0 Å². The van der Waals surface area contributed by atoms with Crippen LogP contribution in [0.25, 0.3) is 0 Å². The van der Waals surface area contributed by atoms with E-state index in [1.165, 1.54) is 4.68 Å². The molecule has 0 saturated heterocycles. The number of aliphatic carboxylic acids is 1. The zero-order chi connectivity index (χ0) is 14.6. The molecule has 0 spiro atoms. The predicted octanol–water partition coefficient (Wildman–Crippen LogP) is 1.76. The lowest BCUT2D eigenvalue weighted by molar-refractivity contribution is -0.136. The number of aryl methyl sites for hydroxylation is 1. The van der Waals surface area contributed by atoms with Gasteiger partial charge >= 0.3 is 5.97 Å². The number of rotatable bonds is 5. The summed E-state index contributed by atoms with van der Waals surface area (Å²) < 4.78 is 1.37. The van der Waals surface area contributed by atoms with Gasteiger partial charge in [0.1, 0.15) is 0 Å². The van der Waals surface area contributed by atoms with Gasteiger partial charge in [0.05, 0.1) is 6.42 Å². The van der Waals surface area contributed by atoms with Gasteiger partial charge in [0, 0.05) is 18.3 Å². The first-order valence-corrected chi connectivity index (χ1v) is 6.37. The number of hydrogen-bond donors (Lipinski definition) is 2. The molecule has 0 bridgehead atoms. The minimum Gasteiger partial charge on any atom is -0.481 e. The van der Waals surface area contributed by atoms with Gasteiger partial charge in [0.15, 0.2) is 0 Å². The summed E-state index contributed by atoms with van der Waals surface area (Å²) in [6.45, 7) is 8.80. The normalized spacial score (nSPS) is 11.4. The first-order chi connectivity index (χ1) is 8.70. The van der Waals surface area contributed by atoms with Gasteiger partial charge in [0.2, 0.25) is 0 Å². The van der Waals surface area contributed by atoms with Gasteiger partial charge < -0.3 is 10.5 Å². The second-order valence-corrected chi connectivity index (χ2v) is 5.94. The second-order valence-electron chi connectivity index (χ2n) is 5.94. The lowest BCUT2D eigenvalue weighted by Crippen LogP contribution is -2.33. The maximum atomic E-state index is 12.1. The van der Waals surface area contributed by atoms with Crippen molar-refractivity contribution < 1.29 is 9.90 Å². The van der Waals surface area contributed by atoms with Crippen molar-refractivity contribution in [2.24, 2.45) is 5.41 Å². The Morgan fingerprint density at radius 1 is 1.42 bits per heavy atom. The molecule has 2 N–H and O–H groups in total. The van der Waals surface area contributed by atoms with E-state index >= 15 is 0 Å². The first kappa shape index (κ1) is 15.3. The molecule has 1 aromatic heterocycles. The quantitative estimate of drug-likeness (QED) is 0.852. The van der Waals surface area contributed by atoms with E-state index in [0.717, 1.165) is 6.42 Å². The topological polar surface area (TPSA) is 71.3 Å². The van der Waals surface area contributed by atoms with Gasteiger partial charge in [-0.25, -0.2) is 4.68 Å². The lowest BCUT2D eigenvalue weighted by atomic mass is 9.93. The molecule has 0 aliphatic rings. The van der Waals surface area contributed by atoms with Gasteiger partial charge in [-0.1, -0.05) is 20.8 Å². The third kappa shape index (κ3) is 4.77. The monoisotopic (exact) mass is 266 g/mol. The number of nitrogens with zero attached hydrogens (tertiary/aromatic N) is 1. The Balaban J connectivity index is 2.86. The summed E-state index contributed by atoms with van der Waals surface area (Å²) in [6, 6.07) is 1.75. The molecule has 5 nitrogen and oxygen atoms in total. The van der Waals surface area contributed by atoms with Crippen LogP contribution >= 0.6 is 0 Å². The van der Waals surface area contributed by atoms with Crippen molar-refractivity contribution >= 4 is 5.97 Å². The number of nitrogens with one attached hydrogen (secondary N) is 1. The van der Waals surface area contributed by atoms with Crippen molar-refractivity contribution in [1.29, 1.82) is 0 Å². The van der Waals surface area contributed by atoms with Gasteiger partial charge in [-0.05, 0) is 30.4 Å². The fourth-order valence-corrected chi connectivity index (χ4v) is 1.71. The van der Waals surface area contributed by atoms with Crippen LogP contribution in [0.2, 0.25) is 0 Å². The molecule has 1 heterocycles. The van der Waals surface area contributed by atoms with Crippen LogP contribution in [-0.4, -0.2) is 22.3 Å². The Bertz CT molecular complexity index is 512. The summed E-state index contributed by atoms with van der Waals surface area (Å²) in [4.78, 5) is 22.9. The lowest BCUT2D eigenvalue weighted by Gasteiger charge is -2.19. The molecule has 0 atom stereocenters. The third-order valence-corrected chi connectivity index (χ3v) is 2.91. The van der Waals surface area contributed by atoms with Crippen molar-refractivity contribution in [3.63, 3.8) is 0 Å². The molecular formula is C14H22N2O3. The molecule has 0 aliphatic carbocycles. The zero-order valence-electron chi connectivity index (χ0n) is 12.0. The minimum absolute atomic E-state index is 0.186. The summed E-state index contributed by atoms with van der Waals surface area (Å²) in [6.07, 6.45) is 2.32. The largest absolute Gasteiger partial charge is 0.481 e. The van der Waals surface area contributed by atoms with Crippen LogP contribution in [0, 0.1) is 12.3 Å². The van der Waals surface area contributed by atoms with Crippen LogP contribution in [0.15, 0.2) is 17.1 Å². The molecule has 0 fully saturated rings. The van der Waals surface area contributed by atoms with Crippen molar-refractivity contribution in [1.82, 2.24) is 4.68 Å². The summed E-state index contributed by atoms with van der Waals surface area (Å²) in [7, 11) is 0. The number of carbonyl (C=O) groups is 1. The molecule has 0 saturated carbocycles. The number of aromatic nitrogens is 1. The Labute approximate surface area is 113 Å². The summed E-state index contributed by atoms with van der Waals surface area (Å²) >= 11 is 0. The van der Waals surface area contributed by atoms with Crippen LogP contribution in [0.5, 0.6) is 0 Å². The molecule has 0 aliphatic heterocycles. The van der Waals surface area contributed by atoms with E-state index in [4.69, 9.17) is 5.11 Å². The molecule has 19 heavy (non-hydrogen) atoms. The van der Waals surface area contributed by atoms with Crippen molar-refractivity contribution in [2.45, 2.75) is 40.5 Å². The highest BCUT2D eigenvalue weighted by Gasteiger charge is 2.12. The standard InChI is InChI=1S/C14H22N2O3/c1-10-5-8-16(15-7-6-14(2,3)4)13(19)11(10)9-12(17)18/h5,8,15H,6-7,9H2,1-4H3,(H,17,18). The van der Waals surface area contributed by atoms with Gasteiger partial charge in [-0.3, -0.25) is 9.59 Å². The molecule has 1 rings (SSSR count). The number of carboxylic acid groups (broad SMARTS) is 1. The van der Waals surface area contributed by atoms with Crippen molar-refractivity contribution in [2.75, 3.05) is 12.0 Å². The Hall–Kier alpha value is -1.78. The molecule has 5 heteroatoms. The molecule has 106 valence electrons. The van der Waals surface area contributed by atoms with Crippen LogP contribution < -0.4 is 11.0 Å². The predicted molar refractivity (Wildman–Crippen MR) is 75.1 cm³/mol. The summed E-state index contributed by atoms with van der Waals surface area (Å²) in [5, 5.41) is 8.82. The Morgan fingerprint density at radius 2 is 2.05 bits per heavy atom. The SMILES string of the molecule is Cc1ccn(NCCC(C)(C)C)c(=O)c1CC(=O)O. The van der Waals surface area contributed by atoms with E-state index in [-0.39, 0.29) is 17.4 Å². The van der Waals surface area contributed by atoms with Crippen molar-refractivity contribution in [3.05, 3.63) is 33.7 Å². The first-order valence-electron chi connectivity index (χ1n) is 6.37. The highest BCUT2D eigenvalue weighted by atomic mass is 16.4. The van der Waals surface area contributed by atoms with E-state index in [9.17, 15) is 9.59 Å². The molecule has 0 aromatic carbocycles. The Morgan fingerprint density at radius 3 is 2.58 bits per heavy atom. The molecule has 0 unspecified atom stereocenters. The molecule has 0 amide bonds. The van der Waals surface area contributed by atoms with E-state index in [1.54, 1.807) is 19.2 Å². The molecular weight excluding hydrogens is 244 g/mol. The zero-order valence-corrected chi connectivity index (χ0v) is 12.0. The number of pyridine rings is 1. The van der Waals surface area contributed by atoms with Crippen LogP contribution in [0.1, 0.15) is 38.3 Å². The Kier molecular flexibility index (Phi) is 4.75. The maximum absolute atomic E-state index is 12.1. The number of carboxylic acids is 1. The molecule has 1 aromatic rings. The second kappa shape index (κ2) is 5.91. The van der Waals surface area contributed by atoms with E-state index < -0.39 is 5.97 Å². The highest BCUT2D eigenvalue weighted by molar-refractivity contribution is 5.70.